The third kappa shape index (κ3) is 5.88. The zero-order valence-electron chi connectivity index (χ0n) is 20.4. The van der Waals surface area contributed by atoms with E-state index in [1.165, 1.54) is 14.2 Å². The van der Waals surface area contributed by atoms with Gasteiger partial charge in [0.2, 0.25) is 12.5 Å². The van der Waals surface area contributed by atoms with Crippen LogP contribution in [0, 0.1) is 0 Å². The fourth-order valence-corrected chi connectivity index (χ4v) is 4.07. The molecule has 15 nitrogen and oxygen atoms in total. The second-order valence-corrected chi connectivity index (χ2v) is 9.41. The lowest BCUT2D eigenvalue weighted by atomic mass is 10.2. The quantitative estimate of drug-likeness (QED) is 0.315. The summed E-state index contributed by atoms with van der Waals surface area (Å²) in [6.45, 7) is -0.319. The van der Waals surface area contributed by atoms with Crippen molar-refractivity contribution >= 4 is 30.7 Å². The van der Waals surface area contributed by atoms with E-state index in [0.717, 1.165) is 19.4 Å². The number of nitrogens with one attached hydrogen (secondary N) is 1. The average molecular weight is 577 g/mol. The molecule has 39 heavy (non-hydrogen) atoms. The third-order valence-electron chi connectivity index (χ3n) is 5.43. The van der Waals surface area contributed by atoms with Crippen LogP contribution in [0.25, 0.3) is 11.0 Å². The molecule has 3 N–H and O–H groups in total. The van der Waals surface area contributed by atoms with Gasteiger partial charge in [0.25, 0.3) is 0 Å². The number of nitrogens with zero attached hydrogens (tertiary/aromatic N) is 2. The summed E-state index contributed by atoms with van der Waals surface area (Å²) in [5, 5.41) is 12.6. The van der Waals surface area contributed by atoms with Crippen LogP contribution in [0.15, 0.2) is 39.7 Å². The monoisotopic (exact) mass is 577 g/mol. The summed E-state index contributed by atoms with van der Waals surface area (Å²) in [7, 11) is -1.11. The smallest absolute Gasteiger partial charge is 0.474 e. The molecule has 4 atom stereocenters. The molecule has 4 rings (SSSR count). The molecule has 3 aromatic rings. The van der Waals surface area contributed by atoms with Crippen LogP contribution in [0.1, 0.15) is 12.0 Å². The number of carbonyl (C=O) groups excluding carboxylic acids is 1. The molecule has 2 aromatic heterocycles. The Balaban J connectivity index is 1.42. The molecule has 1 unspecified atom stereocenters. The van der Waals surface area contributed by atoms with Crippen molar-refractivity contribution in [3.05, 3.63) is 46.7 Å². The van der Waals surface area contributed by atoms with Gasteiger partial charge in [-0.25, -0.2) is 14.2 Å². The van der Waals surface area contributed by atoms with Crippen LogP contribution in [0.3, 0.4) is 0 Å². The minimum absolute atomic E-state index is 0.256. The van der Waals surface area contributed by atoms with Gasteiger partial charge in [-0.1, -0.05) is 0 Å². The molecule has 0 saturated carbocycles. The number of furan rings is 1. The van der Waals surface area contributed by atoms with E-state index in [9.17, 15) is 32.9 Å². The summed E-state index contributed by atoms with van der Waals surface area (Å²) in [5.41, 5.74) is -0.919. The number of phosphoric acid groups is 1. The second-order valence-electron chi connectivity index (χ2n) is 7.90. The van der Waals surface area contributed by atoms with E-state index in [0.29, 0.717) is 27.0 Å². The summed E-state index contributed by atoms with van der Waals surface area (Å²) in [4.78, 5) is 37.4. The lowest BCUT2D eigenvalue weighted by Gasteiger charge is -2.20. The molecule has 1 aliphatic rings. The first-order valence-corrected chi connectivity index (χ1v) is 12.3. The summed E-state index contributed by atoms with van der Waals surface area (Å²) in [6.07, 6.45) is -7.74. The van der Waals surface area contributed by atoms with Crippen LogP contribution in [0.5, 0.6) is 11.5 Å². The number of aliphatic hydroxyl groups is 1. The first-order chi connectivity index (χ1) is 18.4. The summed E-state index contributed by atoms with van der Waals surface area (Å²) in [6, 6.07) is 5.88. The molecular weight excluding hydrogens is 555 g/mol. The number of aliphatic hydroxyl groups excluding tert-OH is 1. The molecule has 0 bridgehead atoms. The molecule has 212 valence electrons. The Labute approximate surface area is 217 Å². The fourth-order valence-electron chi connectivity index (χ4n) is 3.55. The van der Waals surface area contributed by atoms with E-state index in [-0.39, 0.29) is 18.2 Å². The number of carbonyl (C=O) groups is 1. The highest BCUT2D eigenvalue weighted by molar-refractivity contribution is 7.47. The number of alkyl halides is 2. The number of fused-ring (bicyclic) bond motifs is 1. The van der Waals surface area contributed by atoms with E-state index < -0.39 is 44.2 Å². The van der Waals surface area contributed by atoms with Crippen LogP contribution in [-0.2, 0) is 29.7 Å². The number of aromatic nitrogens is 2. The van der Waals surface area contributed by atoms with Gasteiger partial charge < -0.3 is 33.4 Å². The first-order valence-electron chi connectivity index (χ1n) is 10.8. The first kappa shape index (κ1) is 28.4. The number of anilines is 1. The summed E-state index contributed by atoms with van der Waals surface area (Å²) in [5.74, 6) is -3.32. The molecule has 18 heteroatoms. The zero-order valence-corrected chi connectivity index (χ0v) is 21.3. The Morgan fingerprint density at radius 2 is 2.00 bits per heavy atom. The highest BCUT2D eigenvalue weighted by Gasteiger charge is 2.61. The van der Waals surface area contributed by atoms with Crippen molar-refractivity contribution in [1.29, 1.82) is 0 Å². The van der Waals surface area contributed by atoms with Gasteiger partial charge in [-0.3, -0.25) is 18.9 Å². The number of phosphoric ester groups is 1. The molecule has 0 radical (unpaired) electrons. The predicted octanol–water partition coefficient (Wildman–Crippen LogP) is 2.37. The Morgan fingerprint density at radius 3 is 2.64 bits per heavy atom. The van der Waals surface area contributed by atoms with Gasteiger partial charge in [0, 0.05) is 24.8 Å². The van der Waals surface area contributed by atoms with Gasteiger partial charge >= 0.3 is 25.5 Å². The van der Waals surface area contributed by atoms with Crippen LogP contribution >= 0.6 is 7.82 Å². The molecule has 1 amide bonds. The molecule has 0 aliphatic carbocycles. The van der Waals surface area contributed by atoms with E-state index in [1.807, 2.05) is 0 Å². The van der Waals surface area contributed by atoms with Crippen molar-refractivity contribution in [2.24, 2.45) is 0 Å². The topological polar surface area (TPSA) is 190 Å². The van der Waals surface area contributed by atoms with Gasteiger partial charge in [0.15, 0.2) is 24.0 Å². The Morgan fingerprint density at radius 1 is 1.26 bits per heavy atom. The number of rotatable bonds is 9. The number of hydrogen-bond acceptors (Lipinski definition) is 12. The minimum Gasteiger partial charge on any atom is -0.497 e. The molecule has 1 aliphatic heterocycles. The summed E-state index contributed by atoms with van der Waals surface area (Å²) >= 11 is 0. The number of ether oxygens (including phenoxy) is 4. The Bertz CT molecular complexity index is 1480. The van der Waals surface area contributed by atoms with Gasteiger partial charge in [-0.15, -0.1) is 0 Å². The standard InChI is InChI=1S/C21H22F2N3O12P/c1-32-11-6-10-7-12(36-15(10)13(8-11)33-2)9-35-20(29)25-14-4-5-26(19(28)24-14)18-21(22,23)16(27)17(37-18)38-39(30,31)34-3/h4-8,16-18,27H,9H2,1-3H3,(H,30,31)(H,24,25,28,29)/t16-,17-,18-/m1/s1. The maximum Gasteiger partial charge on any atom is 0.474 e. The van der Waals surface area contributed by atoms with Crippen LogP contribution in [0.4, 0.5) is 19.4 Å². The molecule has 0 spiro atoms. The Hall–Kier alpha value is -3.60. The number of halogens is 2. The van der Waals surface area contributed by atoms with Crippen molar-refractivity contribution in [2.45, 2.75) is 31.2 Å². The second kappa shape index (κ2) is 10.9. The van der Waals surface area contributed by atoms with E-state index >= 15 is 0 Å². The molecular formula is C21H22F2N3O12P. The number of amides is 1. The number of benzene rings is 1. The van der Waals surface area contributed by atoms with Gasteiger partial charge in [0.05, 0.1) is 14.2 Å². The lowest BCUT2D eigenvalue weighted by Crippen LogP contribution is -2.41. The van der Waals surface area contributed by atoms with E-state index in [1.54, 1.807) is 18.2 Å². The van der Waals surface area contributed by atoms with Gasteiger partial charge in [-0.05, 0) is 18.2 Å². The lowest BCUT2D eigenvalue weighted by molar-refractivity contribution is -0.147. The van der Waals surface area contributed by atoms with Crippen LogP contribution in [-0.4, -0.2) is 65.3 Å². The largest absolute Gasteiger partial charge is 0.497 e. The third-order valence-corrected chi connectivity index (χ3v) is 6.37. The summed E-state index contributed by atoms with van der Waals surface area (Å²) < 4.78 is 75.4. The number of methoxy groups -OCH3 is 2. The minimum atomic E-state index is -4.82. The van der Waals surface area contributed by atoms with Gasteiger partial charge in [-0.2, -0.15) is 13.8 Å². The van der Waals surface area contributed by atoms with E-state index in [2.05, 4.69) is 19.3 Å². The Kier molecular flexibility index (Phi) is 7.92. The maximum atomic E-state index is 14.6. The van der Waals surface area contributed by atoms with Crippen molar-refractivity contribution < 1.29 is 60.6 Å². The highest BCUT2D eigenvalue weighted by Crippen LogP contribution is 2.50. The predicted molar refractivity (Wildman–Crippen MR) is 124 cm³/mol. The van der Waals surface area contributed by atoms with Crippen LogP contribution < -0.4 is 20.5 Å². The average Bonchev–Trinajstić information content (AvgIpc) is 3.40. The van der Waals surface area contributed by atoms with Gasteiger partial charge in [0.1, 0.15) is 17.3 Å². The van der Waals surface area contributed by atoms with Crippen molar-refractivity contribution in [3.63, 3.8) is 0 Å². The van der Waals surface area contributed by atoms with E-state index in [4.69, 9.17) is 23.4 Å². The maximum absolute atomic E-state index is 14.6. The normalized spacial score (nSPS) is 21.9. The van der Waals surface area contributed by atoms with Crippen molar-refractivity contribution in [1.82, 2.24) is 9.55 Å². The van der Waals surface area contributed by atoms with Crippen LogP contribution in [0.2, 0.25) is 0 Å². The number of hydrogen-bond donors (Lipinski definition) is 3. The molecule has 1 aromatic carbocycles. The highest BCUT2D eigenvalue weighted by atomic mass is 31.2. The molecule has 1 fully saturated rings. The molecule has 1 saturated heterocycles. The zero-order chi connectivity index (χ0) is 28.5. The fraction of sp³-hybridized carbons (Fsp3) is 0.381. The van der Waals surface area contributed by atoms with Crippen molar-refractivity contribution in [3.8, 4) is 11.5 Å². The molecule has 3 heterocycles. The SMILES string of the molecule is COc1cc(OC)c2oc(COC(=O)Nc3ccn([C@@H]4O[C@H](OP(=O)(O)OC)[C@@H](O)C4(F)F)c(=O)n3)cc2c1. The van der Waals surface area contributed by atoms with Crippen molar-refractivity contribution in [2.75, 3.05) is 26.6 Å².